The monoisotopic (exact) mass is 335 g/mol. The number of benzene rings is 2. The Morgan fingerprint density at radius 2 is 1.96 bits per heavy atom. The summed E-state index contributed by atoms with van der Waals surface area (Å²) >= 11 is 5.95. The van der Waals surface area contributed by atoms with Gasteiger partial charge in [0.15, 0.2) is 0 Å². The maximum Gasteiger partial charge on any atom is 0.224 e. The fourth-order valence-electron chi connectivity index (χ4n) is 2.02. The van der Waals surface area contributed by atoms with Crippen LogP contribution in [0.5, 0.6) is 5.75 Å². The van der Waals surface area contributed by atoms with Crippen LogP contribution in [-0.4, -0.2) is 12.5 Å². The van der Waals surface area contributed by atoms with E-state index < -0.39 is 0 Å². The van der Waals surface area contributed by atoms with Gasteiger partial charge in [0, 0.05) is 17.1 Å². The summed E-state index contributed by atoms with van der Waals surface area (Å²) in [5.74, 6) is 0.237. The molecule has 1 amide bonds. The summed E-state index contributed by atoms with van der Waals surface area (Å²) in [6.07, 6.45) is 0.879. The second-order valence-electron chi connectivity index (χ2n) is 5.38. The lowest BCUT2D eigenvalue weighted by atomic mass is 10.2. The fourth-order valence-corrected chi connectivity index (χ4v) is 2.14. The first-order valence-electron chi connectivity index (χ1n) is 7.40. The van der Waals surface area contributed by atoms with Crippen molar-refractivity contribution in [1.29, 1.82) is 0 Å². The highest BCUT2D eigenvalue weighted by Crippen LogP contribution is 2.21. The molecule has 0 fully saturated rings. The minimum atomic E-state index is -0.329. The normalized spacial score (nSPS) is 10.4. The number of amides is 1. The third-order valence-corrected chi connectivity index (χ3v) is 3.83. The molecule has 23 heavy (non-hydrogen) atoms. The number of carbonyl (C=O) groups excluding carboxylic acids is 1. The van der Waals surface area contributed by atoms with E-state index in [1.807, 2.05) is 13.0 Å². The predicted molar refractivity (Wildman–Crippen MR) is 90.7 cm³/mol. The van der Waals surface area contributed by atoms with Crippen molar-refractivity contribution in [2.24, 2.45) is 0 Å². The Morgan fingerprint density at radius 3 is 2.65 bits per heavy atom. The molecule has 2 aromatic carbocycles. The quantitative estimate of drug-likeness (QED) is 0.763. The Bertz CT molecular complexity index is 703. The second kappa shape index (κ2) is 7.97. The van der Waals surface area contributed by atoms with Crippen molar-refractivity contribution in [1.82, 2.24) is 0 Å². The molecule has 0 spiro atoms. The maximum absolute atomic E-state index is 13.4. The van der Waals surface area contributed by atoms with Crippen LogP contribution < -0.4 is 10.1 Å². The lowest BCUT2D eigenvalue weighted by molar-refractivity contribution is -0.116. The summed E-state index contributed by atoms with van der Waals surface area (Å²) in [5, 5.41) is 3.37. The number of anilines is 1. The number of hydrogen-bond donors (Lipinski definition) is 1. The summed E-state index contributed by atoms with van der Waals surface area (Å²) in [6, 6.07) is 10.1. The third kappa shape index (κ3) is 5.25. The van der Waals surface area contributed by atoms with Gasteiger partial charge in [0.2, 0.25) is 5.91 Å². The van der Waals surface area contributed by atoms with E-state index in [0.29, 0.717) is 35.7 Å². The second-order valence-corrected chi connectivity index (χ2v) is 5.78. The average molecular weight is 336 g/mol. The molecular formula is C18H19ClFNO2. The zero-order chi connectivity index (χ0) is 16.8. The van der Waals surface area contributed by atoms with Crippen molar-refractivity contribution in [3.05, 3.63) is 58.4 Å². The number of rotatable bonds is 6. The van der Waals surface area contributed by atoms with Gasteiger partial charge in [0.25, 0.3) is 0 Å². The number of carbonyl (C=O) groups is 1. The molecule has 0 aliphatic heterocycles. The Morgan fingerprint density at radius 1 is 1.17 bits per heavy atom. The average Bonchev–Trinajstić information content (AvgIpc) is 2.51. The summed E-state index contributed by atoms with van der Waals surface area (Å²) in [5.41, 5.74) is 1.96. The van der Waals surface area contributed by atoms with Crippen molar-refractivity contribution < 1.29 is 13.9 Å². The molecule has 0 aliphatic carbocycles. The highest BCUT2D eigenvalue weighted by molar-refractivity contribution is 6.31. The van der Waals surface area contributed by atoms with Crippen LogP contribution in [0.4, 0.5) is 10.1 Å². The molecule has 0 saturated carbocycles. The molecular weight excluding hydrogens is 317 g/mol. The van der Waals surface area contributed by atoms with Crippen molar-refractivity contribution in [3.8, 4) is 5.75 Å². The van der Waals surface area contributed by atoms with Gasteiger partial charge in [-0.25, -0.2) is 4.39 Å². The SMILES string of the molecule is Cc1ccc(NC(=O)CCCOc2ccc(Cl)c(C)c2)cc1F. The molecule has 122 valence electrons. The van der Waals surface area contributed by atoms with Crippen LogP contribution in [0, 0.1) is 19.7 Å². The molecule has 0 aliphatic rings. The number of nitrogens with one attached hydrogen (secondary N) is 1. The van der Waals surface area contributed by atoms with Gasteiger partial charge in [0.05, 0.1) is 6.61 Å². The molecule has 0 atom stereocenters. The van der Waals surface area contributed by atoms with Gasteiger partial charge >= 0.3 is 0 Å². The molecule has 2 rings (SSSR count). The summed E-state index contributed by atoms with van der Waals surface area (Å²) in [7, 11) is 0. The molecule has 0 bridgehead atoms. The van der Waals surface area contributed by atoms with Crippen LogP contribution in [0.2, 0.25) is 5.02 Å². The summed E-state index contributed by atoms with van der Waals surface area (Å²) in [4.78, 5) is 11.8. The van der Waals surface area contributed by atoms with Crippen LogP contribution in [0.15, 0.2) is 36.4 Å². The number of ether oxygens (including phenoxy) is 1. The van der Waals surface area contributed by atoms with E-state index in [9.17, 15) is 9.18 Å². The van der Waals surface area contributed by atoms with Gasteiger partial charge in [-0.3, -0.25) is 4.79 Å². The first-order valence-corrected chi connectivity index (χ1v) is 7.78. The van der Waals surface area contributed by atoms with Gasteiger partial charge in [-0.1, -0.05) is 17.7 Å². The van der Waals surface area contributed by atoms with Gasteiger partial charge in [-0.05, 0) is 61.7 Å². The van der Waals surface area contributed by atoms with Crippen molar-refractivity contribution in [3.63, 3.8) is 0 Å². The van der Waals surface area contributed by atoms with E-state index in [-0.39, 0.29) is 11.7 Å². The number of hydrogen-bond acceptors (Lipinski definition) is 2. The van der Waals surface area contributed by atoms with Crippen molar-refractivity contribution in [2.45, 2.75) is 26.7 Å². The molecule has 3 nitrogen and oxygen atoms in total. The van der Waals surface area contributed by atoms with E-state index in [2.05, 4.69) is 5.32 Å². The van der Waals surface area contributed by atoms with E-state index in [1.165, 1.54) is 6.07 Å². The highest BCUT2D eigenvalue weighted by atomic mass is 35.5. The number of halogens is 2. The van der Waals surface area contributed by atoms with Gasteiger partial charge in [-0.2, -0.15) is 0 Å². The molecule has 0 unspecified atom stereocenters. The Hall–Kier alpha value is -2.07. The minimum absolute atomic E-state index is 0.163. The van der Waals surface area contributed by atoms with E-state index >= 15 is 0 Å². The van der Waals surface area contributed by atoms with Crippen LogP contribution in [-0.2, 0) is 4.79 Å². The first-order chi connectivity index (χ1) is 11.0. The maximum atomic E-state index is 13.4. The molecule has 1 N–H and O–H groups in total. The largest absolute Gasteiger partial charge is 0.494 e. The molecule has 2 aromatic rings. The Labute approximate surface area is 140 Å². The van der Waals surface area contributed by atoms with E-state index in [1.54, 1.807) is 31.2 Å². The van der Waals surface area contributed by atoms with Gasteiger partial charge in [0.1, 0.15) is 11.6 Å². The smallest absolute Gasteiger partial charge is 0.224 e. The summed E-state index contributed by atoms with van der Waals surface area (Å²) in [6.45, 7) is 4.01. The topological polar surface area (TPSA) is 38.3 Å². The van der Waals surface area contributed by atoms with Crippen LogP contribution in [0.3, 0.4) is 0 Å². The van der Waals surface area contributed by atoms with E-state index in [0.717, 1.165) is 11.3 Å². The van der Waals surface area contributed by atoms with Crippen molar-refractivity contribution >= 4 is 23.2 Å². The van der Waals surface area contributed by atoms with Crippen molar-refractivity contribution in [2.75, 3.05) is 11.9 Å². The molecule has 0 saturated heterocycles. The fraction of sp³-hybridized carbons (Fsp3) is 0.278. The lowest BCUT2D eigenvalue weighted by Crippen LogP contribution is -2.13. The van der Waals surface area contributed by atoms with Crippen LogP contribution in [0.1, 0.15) is 24.0 Å². The Balaban J connectivity index is 1.74. The Kier molecular flexibility index (Phi) is 5.99. The zero-order valence-electron chi connectivity index (χ0n) is 13.2. The highest BCUT2D eigenvalue weighted by Gasteiger charge is 2.05. The molecule has 0 aromatic heterocycles. The first kappa shape index (κ1) is 17.3. The van der Waals surface area contributed by atoms with Gasteiger partial charge in [-0.15, -0.1) is 0 Å². The molecule has 5 heteroatoms. The third-order valence-electron chi connectivity index (χ3n) is 3.40. The zero-order valence-corrected chi connectivity index (χ0v) is 13.9. The molecule has 0 radical (unpaired) electrons. The molecule has 0 heterocycles. The lowest BCUT2D eigenvalue weighted by Gasteiger charge is -2.08. The minimum Gasteiger partial charge on any atom is -0.494 e. The van der Waals surface area contributed by atoms with Crippen LogP contribution in [0.25, 0.3) is 0 Å². The summed E-state index contributed by atoms with van der Waals surface area (Å²) < 4.78 is 19.0. The van der Waals surface area contributed by atoms with Crippen LogP contribution >= 0.6 is 11.6 Å². The predicted octanol–water partition coefficient (Wildman–Crippen LogP) is 4.89. The standard InChI is InChI=1S/C18H19ClFNO2/c1-12-5-6-14(11-17(12)20)21-18(22)4-3-9-23-15-7-8-16(19)13(2)10-15/h5-8,10-11H,3-4,9H2,1-2H3,(H,21,22). The number of aryl methyl sites for hydroxylation is 2. The van der Waals surface area contributed by atoms with E-state index in [4.69, 9.17) is 16.3 Å². The van der Waals surface area contributed by atoms with Gasteiger partial charge < -0.3 is 10.1 Å².